The lowest BCUT2D eigenvalue weighted by Crippen LogP contribution is -2.47. The molecule has 2 heterocycles. The van der Waals surface area contributed by atoms with E-state index in [0.717, 1.165) is 19.4 Å². The number of nitrogens with one attached hydrogen (secondary N) is 2. The highest BCUT2D eigenvalue weighted by molar-refractivity contribution is 5.97. The molecule has 1 atom stereocenters. The maximum absolute atomic E-state index is 12.2. The summed E-state index contributed by atoms with van der Waals surface area (Å²) < 4.78 is 10.3. The molecule has 0 aliphatic carbocycles. The fourth-order valence-corrected chi connectivity index (χ4v) is 2.13. The average molecular weight is 279 g/mol. The number of amides is 1. The van der Waals surface area contributed by atoms with E-state index >= 15 is 0 Å². The second-order valence-electron chi connectivity index (χ2n) is 5.04. The Balaban J connectivity index is 1.88. The van der Waals surface area contributed by atoms with E-state index in [0.29, 0.717) is 24.8 Å². The lowest BCUT2D eigenvalue weighted by Gasteiger charge is -2.22. The highest BCUT2D eigenvalue weighted by atomic mass is 16.5. The Kier molecular flexibility index (Phi) is 4.92. The van der Waals surface area contributed by atoms with Gasteiger partial charge in [0.25, 0.3) is 0 Å². The third-order valence-corrected chi connectivity index (χ3v) is 3.40. The number of nitrogens with zero attached hydrogens (tertiary/aromatic N) is 1. The van der Waals surface area contributed by atoms with Crippen molar-refractivity contribution in [2.24, 2.45) is 0 Å². The highest BCUT2D eigenvalue weighted by Gasteiger charge is 2.35. The summed E-state index contributed by atoms with van der Waals surface area (Å²) in [6.45, 7) is 3.78. The Morgan fingerprint density at radius 1 is 1.50 bits per heavy atom. The largest absolute Gasteiger partial charge is 0.475 e. The third kappa shape index (κ3) is 3.68. The van der Waals surface area contributed by atoms with Gasteiger partial charge in [-0.1, -0.05) is 0 Å². The molecule has 0 radical (unpaired) electrons. The van der Waals surface area contributed by atoms with Crippen molar-refractivity contribution < 1.29 is 14.3 Å². The fourth-order valence-electron chi connectivity index (χ4n) is 2.13. The summed E-state index contributed by atoms with van der Waals surface area (Å²) >= 11 is 0. The zero-order valence-electron chi connectivity index (χ0n) is 11.9. The fraction of sp³-hybridized carbons (Fsp3) is 0.571. The van der Waals surface area contributed by atoms with Crippen LogP contribution in [0.15, 0.2) is 18.3 Å². The first-order chi connectivity index (χ1) is 9.64. The van der Waals surface area contributed by atoms with Crippen molar-refractivity contribution in [3.8, 4) is 5.88 Å². The van der Waals surface area contributed by atoms with Crippen LogP contribution in [-0.2, 0) is 9.53 Å². The molecule has 1 aliphatic rings. The van der Waals surface area contributed by atoms with Crippen molar-refractivity contribution >= 4 is 11.6 Å². The number of rotatable bonds is 6. The van der Waals surface area contributed by atoms with Crippen LogP contribution in [-0.4, -0.2) is 43.3 Å². The van der Waals surface area contributed by atoms with E-state index in [1.165, 1.54) is 0 Å². The Hall–Kier alpha value is -1.66. The second-order valence-corrected chi connectivity index (χ2v) is 5.04. The molecular formula is C14H21N3O3. The van der Waals surface area contributed by atoms with Crippen molar-refractivity contribution in [1.82, 2.24) is 10.3 Å². The second kappa shape index (κ2) is 6.67. The molecule has 0 bridgehead atoms. The lowest BCUT2D eigenvalue weighted by molar-refractivity contribution is -0.121. The summed E-state index contributed by atoms with van der Waals surface area (Å²) in [4.78, 5) is 16.3. The highest BCUT2D eigenvalue weighted by Crippen LogP contribution is 2.21. The zero-order chi connectivity index (χ0) is 14.4. The number of hydrogen-bond acceptors (Lipinski definition) is 5. The minimum absolute atomic E-state index is 0.0233. The van der Waals surface area contributed by atoms with Crippen molar-refractivity contribution in [2.75, 3.05) is 32.2 Å². The predicted octanol–water partition coefficient (Wildman–Crippen LogP) is 1.19. The molecule has 110 valence electrons. The minimum atomic E-state index is -0.479. The van der Waals surface area contributed by atoms with E-state index in [9.17, 15) is 4.79 Å². The summed E-state index contributed by atoms with van der Waals surface area (Å²) in [6, 6.07) is 3.51. The van der Waals surface area contributed by atoms with E-state index in [1.807, 2.05) is 6.92 Å². The molecular weight excluding hydrogens is 258 g/mol. The molecule has 2 N–H and O–H groups in total. The smallest absolute Gasteiger partial charge is 0.244 e. The number of hydrogen-bond donors (Lipinski definition) is 2. The van der Waals surface area contributed by atoms with Gasteiger partial charge in [0, 0.05) is 13.2 Å². The number of pyridine rings is 1. The zero-order valence-corrected chi connectivity index (χ0v) is 11.9. The van der Waals surface area contributed by atoms with E-state index < -0.39 is 5.54 Å². The number of carbonyl (C=O) groups excluding carboxylic acids is 1. The van der Waals surface area contributed by atoms with Crippen LogP contribution in [0, 0.1) is 0 Å². The first kappa shape index (κ1) is 14.7. The quantitative estimate of drug-likeness (QED) is 0.765. The van der Waals surface area contributed by atoms with Crippen LogP contribution in [0.5, 0.6) is 5.88 Å². The van der Waals surface area contributed by atoms with Gasteiger partial charge in [0.05, 0.1) is 24.0 Å². The van der Waals surface area contributed by atoms with Crippen LogP contribution in [0.4, 0.5) is 5.69 Å². The summed E-state index contributed by atoms with van der Waals surface area (Å²) in [7, 11) is 1.62. The lowest BCUT2D eigenvalue weighted by atomic mass is 9.99. The molecule has 1 aromatic rings. The SMILES string of the molecule is COCCOc1ccc(NC(=O)C2(C)CCCN2)cn1. The minimum Gasteiger partial charge on any atom is -0.475 e. The molecule has 1 amide bonds. The summed E-state index contributed by atoms with van der Waals surface area (Å²) in [6.07, 6.45) is 3.47. The van der Waals surface area contributed by atoms with Gasteiger partial charge in [0.2, 0.25) is 11.8 Å². The number of aromatic nitrogens is 1. The van der Waals surface area contributed by atoms with Gasteiger partial charge in [0.15, 0.2) is 0 Å². The van der Waals surface area contributed by atoms with Gasteiger partial charge in [-0.2, -0.15) is 0 Å². The molecule has 6 heteroatoms. The molecule has 20 heavy (non-hydrogen) atoms. The monoisotopic (exact) mass is 279 g/mol. The Bertz CT molecular complexity index is 441. The first-order valence-corrected chi connectivity index (χ1v) is 6.78. The normalized spacial score (nSPS) is 21.7. The standard InChI is InChI=1S/C14H21N3O3/c1-14(6-3-7-16-14)13(18)17-11-4-5-12(15-10-11)20-9-8-19-2/h4-5,10,16H,3,6-9H2,1-2H3,(H,17,18). The molecule has 1 aromatic heterocycles. The molecule has 1 fully saturated rings. The van der Waals surface area contributed by atoms with Gasteiger partial charge in [-0.05, 0) is 32.4 Å². The van der Waals surface area contributed by atoms with Crippen LogP contribution in [0.3, 0.4) is 0 Å². The molecule has 0 saturated carbocycles. The van der Waals surface area contributed by atoms with Crippen LogP contribution in [0.1, 0.15) is 19.8 Å². The Morgan fingerprint density at radius 2 is 2.35 bits per heavy atom. The maximum Gasteiger partial charge on any atom is 0.244 e. The summed E-state index contributed by atoms with van der Waals surface area (Å²) in [5, 5.41) is 6.10. The van der Waals surface area contributed by atoms with Gasteiger partial charge < -0.3 is 20.1 Å². The van der Waals surface area contributed by atoms with Gasteiger partial charge >= 0.3 is 0 Å². The van der Waals surface area contributed by atoms with Crippen molar-refractivity contribution in [2.45, 2.75) is 25.3 Å². The molecule has 0 aromatic carbocycles. The van der Waals surface area contributed by atoms with Gasteiger partial charge in [-0.15, -0.1) is 0 Å². The first-order valence-electron chi connectivity index (χ1n) is 6.78. The van der Waals surface area contributed by atoms with Crippen LogP contribution >= 0.6 is 0 Å². The van der Waals surface area contributed by atoms with Crippen LogP contribution < -0.4 is 15.4 Å². The third-order valence-electron chi connectivity index (χ3n) is 3.40. The number of ether oxygens (including phenoxy) is 2. The molecule has 2 rings (SSSR count). The summed E-state index contributed by atoms with van der Waals surface area (Å²) in [5.41, 5.74) is 0.192. The topological polar surface area (TPSA) is 72.5 Å². The van der Waals surface area contributed by atoms with Gasteiger partial charge in [-0.25, -0.2) is 4.98 Å². The molecule has 6 nitrogen and oxygen atoms in total. The van der Waals surface area contributed by atoms with Crippen LogP contribution in [0.25, 0.3) is 0 Å². The van der Waals surface area contributed by atoms with E-state index in [4.69, 9.17) is 9.47 Å². The predicted molar refractivity (Wildman–Crippen MR) is 75.9 cm³/mol. The summed E-state index contributed by atoms with van der Waals surface area (Å²) in [5.74, 6) is 0.495. The van der Waals surface area contributed by atoms with E-state index in [2.05, 4.69) is 15.6 Å². The maximum atomic E-state index is 12.2. The molecule has 0 spiro atoms. The number of anilines is 1. The number of methoxy groups -OCH3 is 1. The Labute approximate surface area is 118 Å². The van der Waals surface area contributed by atoms with E-state index in [-0.39, 0.29) is 5.91 Å². The molecule has 1 unspecified atom stereocenters. The van der Waals surface area contributed by atoms with E-state index in [1.54, 1.807) is 25.4 Å². The molecule has 1 saturated heterocycles. The van der Waals surface area contributed by atoms with Gasteiger partial charge in [0.1, 0.15) is 6.61 Å². The average Bonchev–Trinajstić information content (AvgIpc) is 2.89. The van der Waals surface area contributed by atoms with Crippen LogP contribution in [0.2, 0.25) is 0 Å². The number of carbonyl (C=O) groups is 1. The molecule has 1 aliphatic heterocycles. The Morgan fingerprint density at radius 3 is 2.95 bits per heavy atom. The van der Waals surface area contributed by atoms with Crippen molar-refractivity contribution in [3.05, 3.63) is 18.3 Å². The van der Waals surface area contributed by atoms with Gasteiger partial charge in [-0.3, -0.25) is 4.79 Å². The van der Waals surface area contributed by atoms with Crippen molar-refractivity contribution in [3.63, 3.8) is 0 Å². The van der Waals surface area contributed by atoms with Crippen molar-refractivity contribution in [1.29, 1.82) is 0 Å².